The Balaban J connectivity index is 2.25. The van der Waals surface area contributed by atoms with Gasteiger partial charge in [-0.3, -0.25) is 9.39 Å². The molecule has 1 atom stereocenters. The highest BCUT2D eigenvalue weighted by Gasteiger charge is 2.32. The molecular formula is C14H18ClF3N6. The van der Waals surface area contributed by atoms with Gasteiger partial charge in [0, 0.05) is 19.3 Å². The van der Waals surface area contributed by atoms with Crippen molar-refractivity contribution in [2.45, 2.75) is 39.0 Å². The summed E-state index contributed by atoms with van der Waals surface area (Å²) >= 11 is 5.88. The van der Waals surface area contributed by atoms with Crippen LogP contribution in [-0.4, -0.2) is 33.6 Å². The normalized spacial score (nSPS) is 14.0. The van der Waals surface area contributed by atoms with E-state index in [1.165, 1.54) is 4.40 Å². The molecule has 132 valence electrons. The van der Waals surface area contributed by atoms with Crippen molar-refractivity contribution in [3.8, 4) is 0 Å². The molecule has 0 fully saturated rings. The lowest BCUT2D eigenvalue weighted by atomic mass is 10.2. The Morgan fingerprint density at radius 2 is 2.12 bits per heavy atom. The molecule has 0 aliphatic carbocycles. The average molecular weight is 363 g/mol. The Hall–Kier alpha value is -2.03. The smallest absolute Gasteiger partial charge is 0.354 e. The summed E-state index contributed by atoms with van der Waals surface area (Å²) in [5.74, 6) is 0.823. The minimum atomic E-state index is -4.50. The van der Waals surface area contributed by atoms with E-state index in [4.69, 9.17) is 11.6 Å². The van der Waals surface area contributed by atoms with Crippen molar-refractivity contribution in [2.75, 3.05) is 7.05 Å². The Morgan fingerprint density at radius 3 is 2.71 bits per heavy atom. The van der Waals surface area contributed by atoms with Crippen molar-refractivity contribution in [2.24, 2.45) is 4.99 Å². The fourth-order valence-electron chi connectivity index (χ4n) is 1.97. The van der Waals surface area contributed by atoms with Crippen LogP contribution in [0.3, 0.4) is 0 Å². The van der Waals surface area contributed by atoms with Gasteiger partial charge in [-0.25, -0.2) is 0 Å². The van der Waals surface area contributed by atoms with E-state index < -0.39 is 11.7 Å². The molecule has 6 nitrogen and oxygen atoms in total. The van der Waals surface area contributed by atoms with E-state index in [-0.39, 0.29) is 23.3 Å². The minimum absolute atomic E-state index is 0.106. The first-order chi connectivity index (χ1) is 11.3. The van der Waals surface area contributed by atoms with E-state index in [2.05, 4.69) is 25.8 Å². The average Bonchev–Trinajstić information content (AvgIpc) is 2.94. The number of halogens is 4. The van der Waals surface area contributed by atoms with Crippen LogP contribution in [0.5, 0.6) is 0 Å². The molecule has 10 heteroatoms. The molecule has 0 amide bonds. The van der Waals surface area contributed by atoms with Crippen LogP contribution in [0.25, 0.3) is 5.65 Å². The fourth-order valence-corrected chi connectivity index (χ4v) is 2.21. The molecule has 2 heterocycles. The summed E-state index contributed by atoms with van der Waals surface area (Å²) < 4.78 is 40.0. The van der Waals surface area contributed by atoms with E-state index >= 15 is 0 Å². The molecule has 2 N–H and O–H groups in total. The Kier molecular flexibility index (Phi) is 5.53. The number of hydrogen-bond acceptors (Lipinski definition) is 3. The molecule has 0 bridgehead atoms. The van der Waals surface area contributed by atoms with Crippen molar-refractivity contribution >= 4 is 23.2 Å². The number of fused-ring (bicyclic) bond motifs is 1. The van der Waals surface area contributed by atoms with Gasteiger partial charge in [-0.05, 0) is 19.4 Å². The molecular weight excluding hydrogens is 345 g/mol. The van der Waals surface area contributed by atoms with Crippen molar-refractivity contribution in [1.82, 2.24) is 25.2 Å². The maximum Gasteiger partial charge on any atom is 0.417 e. The van der Waals surface area contributed by atoms with Gasteiger partial charge in [-0.15, -0.1) is 10.2 Å². The zero-order valence-corrected chi connectivity index (χ0v) is 14.2. The summed E-state index contributed by atoms with van der Waals surface area (Å²) in [6, 6.07) is 1.05. The second-order valence-corrected chi connectivity index (χ2v) is 5.67. The number of nitrogens with zero attached hydrogens (tertiary/aromatic N) is 4. The van der Waals surface area contributed by atoms with E-state index in [0.717, 1.165) is 18.7 Å². The monoisotopic (exact) mass is 362 g/mol. The second kappa shape index (κ2) is 7.25. The maximum absolute atomic E-state index is 12.9. The maximum atomic E-state index is 12.9. The molecule has 2 aromatic heterocycles. The first-order valence-electron chi connectivity index (χ1n) is 7.33. The van der Waals surface area contributed by atoms with E-state index in [0.29, 0.717) is 11.8 Å². The third-order valence-corrected chi connectivity index (χ3v) is 3.77. The summed E-state index contributed by atoms with van der Waals surface area (Å²) in [6.45, 7) is 4.17. The number of alkyl halides is 3. The summed E-state index contributed by atoms with van der Waals surface area (Å²) in [5, 5.41) is 13.8. The van der Waals surface area contributed by atoms with Crippen molar-refractivity contribution in [1.29, 1.82) is 0 Å². The quantitative estimate of drug-likeness (QED) is 0.648. The molecule has 1 unspecified atom stereocenters. The summed E-state index contributed by atoms with van der Waals surface area (Å²) in [4.78, 5) is 4.06. The van der Waals surface area contributed by atoms with Gasteiger partial charge in [0.05, 0.1) is 17.1 Å². The fraction of sp³-hybridized carbons (Fsp3) is 0.500. The Labute approximate surface area is 142 Å². The van der Waals surface area contributed by atoms with Crippen LogP contribution in [0.1, 0.15) is 31.7 Å². The highest BCUT2D eigenvalue weighted by molar-refractivity contribution is 6.33. The van der Waals surface area contributed by atoms with Gasteiger partial charge in [0.2, 0.25) is 0 Å². The number of aromatic nitrogens is 3. The van der Waals surface area contributed by atoms with Gasteiger partial charge in [-0.1, -0.05) is 18.5 Å². The Morgan fingerprint density at radius 1 is 1.42 bits per heavy atom. The van der Waals surface area contributed by atoms with Crippen LogP contribution in [0.4, 0.5) is 13.2 Å². The number of pyridine rings is 1. The van der Waals surface area contributed by atoms with Gasteiger partial charge < -0.3 is 10.6 Å². The topological polar surface area (TPSA) is 66.6 Å². The minimum Gasteiger partial charge on any atom is -0.354 e. The molecule has 0 saturated heterocycles. The SMILES string of the molecule is CCC(C)NC(=NC)NCc1nnc2c(Cl)cc(C(F)(F)F)cn12. The molecule has 0 radical (unpaired) electrons. The van der Waals surface area contributed by atoms with Crippen LogP contribution in [0, 0.1) is 0 Å². The Bertz CT molecular complexity index is 740. The van der Waals surface area contributed by atoms with Crippen molar-refractivity contribution in [3.05, 3.63) is 28.7 Å². The highest BCUT2D eigenvalue weighted by atomic mass is 35.5. The van der Waals surface area contributed by atoms with Gasteiger partial charge >= 0.3 is 6.18 Å². The van der Waals surface area contributed by atoms with Gasteiger partial charge in [0.25, 0.3) is 0 Å². The van der Waals surface area contributed by atoms with Crippen LogP contribution >= 0.6 is 11.6 Å². The van der Waals surface area contributed by atoms with E-state index in [1.807, 2.05) is 13.8 Å². The van der Waals surface area contributed by atoms with Crippen LogP contribution in [0.15, 0.2) is 17.3 Å². The number of aliphatic imine (C=N–C) groups is 1. The lowest BCUT2D eigenvalue weighted by Gasteiger charge is -2.16. The standard InChI is InChI=1S/C14H18ClF3N6/c1-4-8(2)21-13(19-3)20-6-11-22-23-12-10(15)5-9(7-24(11)12)14(16,17)18/h5,7-8H,4,6H2,1-3H3,(H2,19,20,21). The van der Waals surface area contributed by atoms with Gasteiger partial charge in [-0.2, -0.15) is 13.2 Å². The molecule has 2 aromatic rings. The van der Waals surface area contributed by atoms with Crippen LogP contribution < -0.4 is 10.6 Å². The predicted octanol–water partition coefficient (Wildman–Crippen LogP) is 2.87. The van der Waals surface area contributed by atoms with E-state index in [9.17, 15) is 13.2 Å². The lowest BCUT2D eigenvalue weighted by molar-refractivity contribution is -0.137. The molecule has 0 saturated carbocycles. The number of guanidine groups is 1. The number of rotatable bonds is 4. The van der Waals surface area contributed by atoms with Gasteiger partial charge in [0.1, 0.15) is 0 Å². The third kappa shape index (κ3) is 4.08. The number of hydrogen-bond donors (Lipinski definition) is 2. The lowest BCUT2D eigenvalue weighted by Crippen LogP contribution is -2.41. The van der Waals surface area contributed by atoms with Gasteiger partial charge in [0.15, 0.2) is 17.4 Å². The zero-order chi connectivity index (χ0) is 17.9. The largest absolute Gasteiger partial charge is 0.417 e. The summed E-state index contributed by atoms with van der Waals surface area (Å²) in [5.41, 5.74) is -0.686. The van der Waals surface area contributed by atoms with Crippen LogP contribution in [0.2, 0.25) is 5.02 Å². The molecule has 0 aromatic carbocycles. The first kappa shape index (κ1) is 18.3. The molecule has 0 spiro atoms. The van der Waals surface area contributed by atoms with Crippen LogP contribution in [-0.2, 0) is 12.7 Å². The summed E-state index contributed by atoms with van der Waals surface area (Å²) in [7, 11) is 1.61. The highest BCUT2D eigenvalue weighted by Crippen LogP contribution is 2.32. The zero-order valence-electron chi connectivity index (χ0n) is 13.4. The van der Waals surface area contributed by atoms with E-state index in [1.54, 1.807) is 7.05 Å². The molecule has 24 heavy (non-hydrogen) atoms. The van der Waals surface area contributed by atoms with Crippen molar-refractivity contribution < 1.29 is 13.2 Å². The molecule has 0 aliphatic heterocycles. The third-order valence-electron chi connectivity index (χ3n) is 3.49. The van der Waals surface area contributed by atoms with Crippen molar-refractivity contribution in [3.63, 3.8) is 0 Å². The molecule has 2 rings (SSSR count). The molecule has 0 aliphatic rings. The second-order valence-electron chi connectivity index (χ2n) is 5.26. The number of nitrogens with one attached hydrogen (secondary N) is 2. The first-order valence-corrected chi connectivity index (χ1v) is 7.71. The summed E-state index contributed by atoms with van der Waals surface area (Å²) in [6.07, 6.45) is -2.66. The predicted molar refractivity (Wildman–Crippen MR) is 86.1 cm³/mol.